The molecule has 0 spiro atoms. The van der Waals surface area contributed by atoms with Gasteiger partial charge in [0.2, 0.25) is 0 Å². The highest BCUT2D eigenvalue weighted by Crippen LogP contribution is 2.31. The predicted octanol–water partition coefficient (Wildman–Crippen LogP) is 3.50. The zero-order valence-corrected chi connectivity index (χ0v) is 11.1. The Balaban J connectivity index is 1.71. The molecule has 1 aromatic rings. The van der Waals surface area contributed by atoms with E-state index in [1.807, 2.05) is 18.2 Å². The van der Waals surface area contributed by atoms with E-state index < -0.39 is 0 Å². The van der Waals surface area contributed by atoms with Crippen LogP contribution in [-0.2, 0) is 0 Å². The third-order valence-electron chi connectivity index (χ3n) is 3.91. The van der Waals surface area contributed by atoms with Crippen LogP contribution < -0.4 is 5.32 Å². The molecule has 2 saturated heterocycles. The van der Waals surface area contributed by atoms with Crippen molar-refractivity contribution in [2.24, 2.45) is 5.92 Å². The van der Waals surface area contributed by atoms with Crippen LogP contribution in [0.3, 0.4) is 0 Å². The molecule has 17 heavy (non-hydrogen) atoms. The van der Waals surface area contributed by atoms with Gasteiger partial charge < -0.3 is 10.2 Å². The number of hydrogen-bond acceptors (Lipinski definition) is 2. The fourth-order valence-corrected chi connectivity index (χ4v) is 3.24. The number of hydrogen-bond donors (Lipinski definition) is 1. The summed E-state index contributed by atoms with van der Waals surface area (Å²) in [6.07, 6.45) is 2.55. The summed E-state index contributed by atoms with van der Waals surface area (Å²) in [5.41, 5.74) is 1.09. The van der Waals surface area contributed by atoms with Crippen molar-refractivity contribution in [1.82, 2.24) is 4.90 Å². The van der Waals surface area contributed by atoms with Crippen LogP contribution >= 0.6 is 23.2 Å². The zero-order chi connectivity index (χ0) is 11.8. The van der Waals surface area contributed by atoms with Crippen LogP contribution in [0.15, 0.2) is 18.2 Å². The first kappa shape index (κ1) is 11.6. The van der Waals surface area contributed by atoms with E-state index in [9.17, 15) is 0 Å². The largest absolute Gasteiger partial charge is 0.382 e. The van der Waals surface area contributed by atoms with E-state index in [0.29, 0.717) is 16.1 Å². The standard InChI is InChI=1S/C13H16Cl2N2/c14-11-2-1-10(7-12(11)15)16-13-4-6-17-5-3-9(13)8-17/h1-2,7,9,13,16H,3-6,8H2. The SMILES string of the molecule is Clc1ccc(NC2CCN3CCC2C3)cc1Cl. The molecule has 4 heteroatoms. The molecule has 1 aromatic carbocycles. The van der Waals surface area contributed by atoms with Gasteiger partial charge in [-0.1, -0.05) is 23.2 Å². The summed E-state index contributed by atoms with van der Waals surface area (Å²) in [7, 11) is 0. The van der Waals surface area contributed by atoms with Crippen molar-refractivity contribution in [2.75, 3.05) is 25.0 Å². The third kappa shape index (κ3) is 2.40. The van der Waals surface area contributed by atoms with Crippen LogP contribution in [0.25, 0.3) is 0 Å². The number of rotatable bonds is 2. The topological polar surface area (TPSA) is 15.3 Å². The Morgan fingerprint density at radius 1 is 1.12 bits per heavy atom. The number of benzene rings is 1. The molecule has 0 aromatic heterocycles. The maximum absolute atomic E-state index is 6.03. The van der Waals surface area contributed by atoms with E-state index in [1.165, 1.54) is 32.5 Å². The van der Waals surface area contributed by atoms with Crippen molar-refractivity contribution < 1.29 is 0 Å². The lowest BCUT2D eigenvalue weighted by atomic mass is 9.94. The van der Waals surface area contributed by atoms with Gasteiger partial charge in [-0.15, -0.1) is 0 Å². The van der Waals surface area contributed by atoms with Crippen molar-refractivity contribution in [1.29, 1.82) is 0 Å². The Kier molecular flexibility index (Phi) is 3.20. The van der Waals surface area contributed by atoms with Crippen molar-refractivity contribution in [2.45, 2.75) is 18.9 Å². The van der Waals surface area contributed by atoms with Crippen LogP contribution in [0.4, 0.5) is 5.69 Å². The van der Waals surface area contributed by atoms with Crippen LogP contribution in [-0.4, -0.2) is 30.6 Å². The minimum atomic E-state index is 0.589. The van der Waals surface area contributed by atoms with Gasteiger partial charge in [0.15, 0.2) is 0 Å². The highest BCUT2D eigenvalue weighted by atomic mass is 35.5. The van der Waals surface area contributed by atoms with Gasteiger partial charge in [0.05, 0.1) is 10.0 Å². The van der Waals surface area contributed by atoms with Gasteiger partial charge in [-0.05, 0) is 43.5 Å². The molecule has 1 N–H and O–H groups in total. The molecule has 3 rings (SSSR count). The maximum Gasteiger partial charge on any atom is 0.0612 e. The van der Waals surface area contributed by atoms with E-state index in [2.05, 4.69) is 10.2 Å². The summed E-state index contributed by atoms with van der Waals surface area (Å²) in [4.78, 5) is 2.55. The van der Waals surface area contributed by atoms with Gasteiger partial charge in [0.25, 0.3) is 0 Å². The maximum atomic E-state index is 6.03. The Morgan fingerprint density at radius 2 is 1.94 bits per heavy atom. The number of anilines is 1. The second-order valence-corrected chi connectivity index (χ2v) is 5.83. The molecule has 2 aliphatic heterocycles. The highest BCUT2D eigenvalue weighted by molar-refractivity contribution is 6.42. The number of nitrogens with zero attached hydrogens (tertiary/aromatic N) is 1. The van der Waals surface area contributed by atoms with Crippen molar-refractivity contribution in [3.63, 3.8) is 0 Å². The summed E-state index contributed by atoms with van der Waals surface area (Å²) < 4.78 is 0. The minimum absolute atomic E-state index is 0.589. The number of nitrogens with one attached hydrogen (secondary N) is 1. The number of piperidine rings is 1. The average molecular weight is 271 g/mol. The van der Waals surface area contributed by atoms with E-state index in [4.69, 9.17) is 23.2 Å². The first-order valence-electron chi connectivity index (χ1n) is 6.16. The molecule has 3 unspecified atom stereocenters. The fraction of sp³-hybridized carbons (Fsp3) is 0.538. The molecule has 2 fully saturated rings. The number of halogens is 2. The molecule has 0 saturated carbocycles. The molecule has 2 aliphatic rings. The summed E-state index contributed by atoms with van der Waals surface area (Å²) >= 11 is 11.9. The molecule has 92 valence electrons. The molecule has 0 amide bonds. The monoisotopic (exact) mass is 270 g/mol. The van der Waals surface area contributed by atoms with Gasteiger partial charge in [-0.2, -0.15) is 0 Å². The van der Waals surface area contributed by atoms with Crippen LogP contribution in [0, 0.1) is 5.92 Å². The van der Waals surface area contributed by atoms with Crippen molar-refractivity contribution >= 4 is 28.9 Å². The molecule has 2 nitrogen and oxygen atoms in total. The molecule has 2 heterocycles. The Morgan fingerprint density at radius 3 is 2.76 bits per heavy atom. The summed E-state index contributed by atoms with van der Waals surface area (Å²) in [6, 6.07) is 6.38. The number of fused-ring (bicyclic) bond motifs is 2. The van der Waals surface area contributed by atoms with E-state index in [0.717, 1.165) is 11.6 Å². The Bertz CT molecular complexity index is 422. The Labute approximate surface area is 112 Å². The molecule has 3 atom stereocenters. The zero-order valence-electron chi connectivity index (χ0n) is 9.63. The van der Waals surface area contributed by atoms with E-state index in [-0.39, 0.29) is 0 Å². The third-order valence-corrected chi connectivity index (χ3v) is 4.64. The van der Waals surface area contributed by atoms with Gasteiger partial charge in [0.1, 0.15) is 0 Å². The molecule has 0 radical (unpaired) electrons. The lowest BCUT2D eigenvalue weighted by Crippen LogP contribution is -2.39. The minimum Gasteiger partial charge on any atom is -0.382 e. The molecule has 2 bridgehead atoms. The smallest absolute Gasteiger partial charge is 0.0612 e. The second kappa shape index (κ2) is 4.68. The quantitative estimate of drug-likeness (QED) is 0.885. The Hall–Kier alpha value is -0.440. The van der Waals surface area contributed by atoms with Crippen molar-refractivity contribution in [3.8, 4) is 0 Å². The first-order chi connectivity index (χ1) is 8.22. The van der Waals surface area contributed by atoms with Crippen molar-refractivity contribution in [3.05, 3.63) is 28.2 Å². The van der Waals surface area contributed by atoms with Gasteiger partial charge in [-0.3, -0.25) is 0 Å². The summed E-state index contributed by atoms with van der Waals surface area (Å²) in [6.45, 7) is 3.73. The lowest BCUT2D eigenvalue weighted by molar-refractivity contribution is 0.255. The van der Waals surface area contributed by atoms with Crippen LogP contribution in [0.1, 0.15) is 12.8 Å². The highest BCUT2D eigenvalue weighted by Gasteiger charge is 2.33. The molecule has 0 aliphatic carbocycles. The van der Waals surface area contributed by atoms with E-state index in [1.54, 1.807) is 0 Å². The van der Waals surface area contributed by atoms with Gasteiger partial charge in [-0.25, -0.2) is 0 Å². The normalized spacial score (nSPS) is 31.5. The predicted molar refractivity (Wildman–Crippen MR) is 73.0 cm³/mol. The van der Waals surface area contributed by atoms with Gasteiger partial charge >= 0.3 is 0 Å². The van der Waals surface area contributed by atoms with Crippen LogP contribution in [0.2, 0.25) is 10.0 Å². The summed E-state index contributed by atoms with van der Waals surface area (Å²) in [5.74, 6) is 0.790. The lowest BCUT2D eigenvalue weighted by Gasteiger charge is -2.31. The molecular formula is C13H16Cl2N2. The fourth-order valence-electron chi connectivity index (χ4n) is 2.94. The molecular weight excluding hydrogens is 255 g/mol. The van der Waals surface area contributed by atoms with E-state index >= 15 is 0 Å². The van der Waals surface area contributed by atoms with Crippen LogP contribution in [0.5, 0.6) is 0 Å². The van der Waals surface area contributed by atoms with Gasteiger partial charge in [0, 0.05) is 24.8 Å². The first-order valence-corrected chi connectivity index (χ1v) is 6.92. The second-order valence-electron chi connectivity index (χ2n) is 5.02. The summed E-state index contributed by atoms with van der Waals surface area (Å²) in [5, 5.41) is 4.85. The average Bonchev–Trinajstić information content (AvgIpc) is 2.71.